The topological polar surface area (TPSA) is 9.23 Å². The molecule has 43 heavy (non-hydrogen) atoms. The van der Waals surface area contributed by atoms with Crippen LogP contribution in [0.4, 0.5) is 39.5 Å². The summed E-state index contributed by atoms with van der Waals surface area (Å²) in [5.74, 6) is -6.24. The monoisotopic (exact) mass is 614 g/mol. The fraction of sp³-hybridized carbons (Fsp3) is 0.455. The van der Waals surface area contributed by atoms with E-state index in [4.69, 9.17) is 4.74 Å². The minimum Gasteiger partial charge on any atom is -0.432 e. The molecule has 2 saturated carbocycles. The molecule has 2 aliphatic carbocycles. The van der Waals surface area contributed by atoms with Crippen LogP contribution in [0.2, 0.25) is 0 Å². The molecule has 1 nitrogen and oxygen atoms in total. The predicted octanol–water partition coefficient (Wildman–Crippen LogP) is 11.2. The van der Waals surface area contributed by atoms with Gasteiger partial charge in [0, 0.05) is 12.1 Å². The summed E-state index contributed by atoms with van der Waals surface area (Å²) in [7, 11) is 0. The van der Waals surface area contributed by atoms with Crippen LogP contribution in [-0.4, -0.2) is 6.11 Å². The second kappa shape index (κ2) is 12.1. The van der Waals surface area contributed by atoms with Gasteiger partial charge in [0.1, 0.15) is 29.0 Å². The number of alkyl halides is 5. The molecule has 0 amide bonds. The van der Waals surface area contributed by atoms with Crippen molar-refractivity contribution in [2.24, 2.45) is 11.8 Å². The van der Waals surface area contributed by atoms with Gasteiger partial charge < -0.3 is 4.74 Å². The predicted molar refractivity (Wildman–Crippen MR) is 144 cm³/mol. The Hall–Kier alpha value is -3.17. The molecule has 0 N–H and O–H groups in total. The first-order valence-electron chi connectivity index (χ1n) is 14.4. The van der Waals surface area contributed by atoms with Crippen LogP contribution >= 0.6 is 0 Å². The van der Waals surface area contributed by atoms with E-state index in [0.29, 0.717) is 47.7 Å². The number of halogens is 9. The van der Waals surface area contributed by atoms with Crippen LogP contribution in [-0.2, 0) is 6.18 Å². The molecule has 0 saturated heterocycles. The van der Waals surface area contributed by atoms with Gasteiger partial charge in [0.15, 0.2) is 0 Å². The highest BCUT2D eigenvalue weighted by Crippen LogP contribution is 2.45. The first kappa shape index (κ1) is 31.3. The fourth-order valence-corrected chi connectivity index (χ4v) is 6.49. The molecule has 3 aromatic carbocycles. The van der Waals surface area contributed by atoms with Crippen LogP contribution in [0.5, 0.6) is 5.75 Å². The van der Waals surface area contributed by atoms with E-state index in [1.807, 2.05) is 6.07 Å². The van der Waals surface area contributed by atoms with Crippen LogP contribution in [0.1, 0.15) is 86.8 Å². The average Bonchev–Trinajstić information content (AvgIpc) is 2.92. The maximum Gasteiger partial charge on any atom is 0.419 e. The van der Waals surface area contributed by atoms with Crippen molar-refractivity contribution in [3.8, 4) is 16.9 Å². The SMILES string of the molecule is CC1CCC(c2ccc(C3CCC(C(F)(F)Oc4cc(F)c(-c5ccc(C(F)(F)F)c(F)c5)c(F)c4)CC3)c(F)c2)CC1. The smallest absolute Gasteiger partial charge is 0.419 e. The van der Waals surface area contributed by atoms with Gasteiger partial charge in [-0.05, 0) is 91.2 Å². The van der Waals surface area contributed by atoms with E-state index in [-0.39, 0.29) is 37.4 Å². The molecular formula is C33H31F9O. The molecule has 0 aliphatic heterocycles. The maximum atomic E-state index is 15.1. The number of hydrogen-bond acceptors (Lipinski definition) is 1. The third kappa shape index (κ3) is 6.83. The van der Waals surface area contributed by atoms with E-state index in [0.717, 1.165) is 31.2 Å². The zero-order chi connectivity index (χ0) is 31.1. The van der Waals surface area contributed by atoms with E-state index >= 15 is 13.2 Å². The lowest BCUT2D eigenvalue weighted by atomic mass is 9.76. The Morgan fingerprint density at radius 2 is 1.23 bits per heavy atom. The molecule has 5 rings (SSSR count). The minimum atomic E-state index is -5.01. The highest BCUT2D eigenvalue weighted by atomic mass is 19.4. The molecule has 2 fully saturated rings. The van der Waals surface area contributed by atoms with Crippen molar-refractivity contribution in [3.63, 3.8) is 0 Å². The quantitative estimate of drug-likeness (QED) is 0.251. The Balaban J connectivity index is 1.24. The average molecular weight is 615 g/mol. The van der Waals surface area contributed by atoms with Gasteiger partial charge in [-0.2, -0.15) is 22.0 Å². The molecule has 3 aromatic rings. The summed E-state index contributed by atoms with van der Waals surface area (Å²) in [6, 6.07) is 7.60. The lowest BCUT2D eigenvalue weighted by Crippen LogP contribution is -2.37. The number of rotatable bonds is 6. The van der Waals surface area contributed by atoms with Crippen LogP contribution in [0.3, 0.4) is 0 Å². The first-order valence-corrected chi connectivity index (χ1v) is 14.4. The van der Waals surface area contributed by atoms with Gasteiger partial charge in [0.2, 0.25) is 0 Å². The molecule has 0 atom stereocenters. The second-order valence-corrected chi connectivity index (χ2v) is 11.9. The lowest BCUT2D eigenvalue weighted by molar-refractivity contribution is -0.222. The summed E-state index contributed by atoms with van der Waals surface area (Å²) in [4.78, 5) is 0. The number of benzene rings is 3. The summed E-state index contributed by atoms with van der Waals surface area (Å²) in [6.45, 7) is 2.22. The van der Waals surface area contributed by atoms with Gasteiger partial charge in [0.05, 0.1) is 17.0 Å². The third-order valence-corrected chi connectivity index (χ3v) is 8.99. The van der Waals surface area contributed by atoms with Crippen molar-refractivity contribution >= 4 is 0 Å². The van der Waals surface area contributed by atoms with Crippen molar-refractivity contribution in [3.05, 3.63) is 88.5 Å². The second-order valence-electron chi connectivity index (χ2n) is 11.9. The lowest BCUT2D eigenvalue weighted by Gasteiger charge is -2.34. The Morgan fingerprint density at radius 1 is 0.628 bits per heavy atom. The van der Waals surface area contributed by atoms with Crippen molar-refractivity contribution in [1.29, 1.82) is 0 Å². The summed E-state index contributed by atoms with van der Waals surface area (Å²) in [5.41, 5.74) is -1.56. The molecule has 10 heteroatoms. The molecule has 0 heterocycles. The van der Waals surface area contributed by atoms with Crippen LogP contribution < -0.4 is 4.74 Å². The Labute approximate surface area is 244 Å². The van der Waals surface area contributed by atoms with Gasteiger partial charge >= 0.3 is 12.3 Å². The van der Waals surface area contributed by atoms with Crippen molar-refractivity contribution in [1.82, 2.24) is 0 Å². The Bertz CT molecular complexity index is 1430. The Kier molecular flexibility index (Phi) is 8.78. The molecular weight excluding hydrogens is 583 g/mol. The highest BCUT2D eigenvalue weighted by molar-refractivity contribution is 5.66. The number of hydrogen-bond donors (Lipinski definition) is 0. The van der Waals surface area contributed by atoms with Gasteiger partial charge in [-0.1, -0.05) is 38.0 Å². The minimum absolute atomic E-state index is 0.00670. The van der Waals surface area contributed by atoms with Crippen molar-refractivity contribution in [2.75, 3.05) is 0 Å². The third-order valence-electron chi connectivity index (χ3n) is 8.99. The molecule has 0 radical (unpaired) electrons. The molecule has 2 aliphatic rings. The zero-order valence-corrected chi connectivity index (χ0v) is 23.4. The van der Waals surface area contributed by atoms with E-state index in [9.17, 15) is 26.3 Å². The van der Waals surface area contributed by atoms with Gasteiger partial charge in [0.25, 0.3) is 0 Å². The summed E-state index contributed by atoms with van der Waals surface area (Å²) in [6.07, 6.45) is -4.01. The maximum absolute atomic E-state index is 15.1. The molecule has 0 spiro atoms. The molecule has 0 bridgehead atoms. The van der Waals surface area contributed by atoms with Crippen LogP contribution in [0.15, 0.2) is 48.5 Å². The van der Waals surface area contributed by atoms with Gasteiger partial charge in [-0.25, -0.2) is 17.6 Å². The van der Waals surface area contributed by atoms with Gasteiger partial charge in [-0.15, -0.1) is 0 Å². The standard InChI is InChI=1S/C33H31F9O/c1-18-2-4-19(5-3-18)21-8-12-25(27(34)14-21)20-6-10-23(11-7-20)33(41,42)43-24-16-29(36)31(30(37)17-24)22-9-13-26(28(35)15-22)32(38,39)40/h8-9,12-20,23H,2-7,10-11H2,1H3. The van der Waals surface area contributed by atoms with Gasteiger partial charge in [-0.3, -0.25) is 0 Å². The Morgan fingerprint density at radius 3 is 1.79 bits per heavy atom. The van der Waals surface area contributed by atoms with E-state index < -0.39 is 58.1 Å². The normalized spacial score (nSPS) is 23.3. The van der Waals surface area contributed by atoms with Crippen molar-refractivity contribution in [2.45, 2.75) is 82.4 Å². The van der Waals surface area contributed by atoms with E-state index in [1.165, 1.54) is 0 Å². The fourth-order valence-electron chi connectivity index (χ4n) is 6.49. The van der Waals surface area contributed by atoms with E-state index in [1.54, 1.807) is 12.1 Å². The summed E-state index contributed by atoms with van der Waals surface area (Å²) < 4.78 is 132. The number of ether oxygens (including phenoxy) is 1. The first-order chi connectivity index (χ1) is 20.2. The van der Waals surface area contributed by atoms with Crippen LogP contribution in [0, 0.1) is 35.1 Å². The summed E-state index contributed by atoms with van der Waals surface area (Å²) in [5, 5.41) is 0. The summed E-state index contributed by atoms with van der Waals surface area (Å²) >= 11 is 0. The molecule has 0 unspecified atom stereocenters. The van der Waals surface area contributed by atoms with E-state index in [2.05, 4.69) is 6.92 Å². The largest absolute Gasteiger partial charge is 0.432 e. The molecule has 0 aromatic heterocycles. The van der Waals surface area contributed by atoms with Crippen LogP contribution in [0.25, 0.3) is 11.1 Å². The molecule has 232 valence electrons. The highest BCUT2D eigenvalue weighted by Gasteiger charge is 2.45. The zero-order valence-electron chi connectivity index (χ0n) is 23.4. The van der Waals surface area contributed by atoms with Crippen molar-refractivity contribution < 1.29 is 44.3 Å².